The molecule has 1 aliphatic rings. The summed E-state index contributed by atoms with van der Waals surface area (Å²) in [5.74, 6) is 0.388. The van der Waals surface area contributed by atoms with Crippen molar-refractivity contribution in [3.05, 3.63) is 0 Å². The number of likely N-dealkylation sites (tertiary alicyclic amines) is 1. The van der Waals surface area contributed by atoms with E-state index in [0.29, 0.717) is 11.9 Å². The van der Waals surface area contributed by atoms with E-state index in [9.17, 15) is 4.79 Å². The number of hydrogen-bond donors (Lipinski definition) is 0. The Hall–Kier alpha value is -0.530. The van der Waals surface area contributed by atoms with Crippen LogP contribution in [-0.2, 0) is 4.79 Å². The molecule has 0 aromatic heterocycles. The molecule has 0 radical (unpaired) electrons. The summed E-state index contributed by atoms with van der Waals surface area (Å²) in [6.45, 7) is 5.33. The zero-order valence-electron chi connectivity index (χ0n) is 9.59. The van der Waals surface area contributed by atoms with Crippen LogP contribution in [0.3, 0.4) is 0 Å². The quantitative estimate of drug-likeness (QED) is 0.663. The van der Waals surface area contributed by atoms with E-state index in [-0.39, 0.29) is 0 Å². The van der Waals surface area contributed by atoms with Crippen LogP contribution in [0.25, 0.3) is 0 Å². The van der Waals surface area contributed by atoms with Crippen molar-refractivity contribution in [3.63, 3.8) is 0 Å². The summed E-state index contributed by atoms with van der Waals surface area (Å²) in [5, 5.41) is 0. The molecule has 0 spiro atoms. The summed E-state index contributed by atoms with van der Waals surface area (Å²) in [6, 6.07) is 0.552. The zero-order valence-corrected chi connectivity index (χ0v) is 9.59. The molecule has 2 heteroatoms. The molecule has 1 amide bonds. The van der Waals surface area contributed by atoms with Gasteiger partial charge in [-0.1, -0.05) is 26.7 Å². The topological polar surface area (TPSA) is 20.3 Å². The summed E-state index contributed by atoms with van der Waals surface area (Å²) >= 11 is 0. The second-order valence-corrected chi connectivity index (χ2v) is 4.28. The van der Waals surface area contributed by atoms with Gasteiger partial charge in [0.2, 0.25) is 5.91 Å². The van der Waals surface area contributed by atoms with Gasteiger partial charge in [0, 0.05) is 19.0 Å². The lowest BCUT2D eigenvalue weighted by Gasteiger charge is -2.35. The number of piperidine rings is 1. The molecule has 1 unspecified atom stereocenters. The molecule has 1 heterocycles. The highest BCUT2D eigenvalue weighted by Gasteiger charge is 2.26. The molecule has 0 aliphatic carbocycles. The van der Waals surface area contributed by atoms with Crippen molar-refractivity contribution in [2.45, 2.75) is 64.8 Å². The first kappa shape index (κ1) is 11.5. The summed E-state index contributed by atoms with van der Waals surface area (Å²) in [6.07, 6.45) is 7.92. The predicted octanol–water partition coefficient (Wildman–Crippen LogP) is 2.97. The van der Waals surface area contributed by atoms with Crippen LogP contribution < -0.4 is 0 Å². The molecule has 0 N–H and O–H groups in total. The standard InChI is InChI=1S/C12H23NO/c1-3-5-7-11-8-6-9-12(14)13(11)10-4-2/h11H,3-10H2,1-2H3. The fraction of sp³-hybridized carbons (Fsp3) is 0.917. The first-order chi connectivity index (χ1) is 6.79. The van der Waals surface area contributed by atoms with Gasteiger partial charge in [0.15, 0.2) is 0 Å². The largest absolute Gasteiger partial charge is 0.340 e. The van der Waals surface area contributed by atoms with Gasteiger partial charge in [0.05, 0.1) is 0 Å². The maximum atomic E-state index is 11.7. The van der Waals surface area contributed by atoms with E-state index in [1.54, 1.807) is 0 Å². The van der Waals surface area contributed by atoms with Crippen LogP contribution >= 0.6 is 0 Å². The maximum absolute atomic E-state index is 11.7. The van der Waals surface area contributed by atoms with Gasteiger partial charge in [-0.3, -0.25) is 4.79 Å². The normalized spacial score (nSPS) is 22.9. The minimum absolute atomic E-state index is 0.388. The molecule has 2 nitrogen and oxygen atoms in total. The van der Waals surface area contributed by atoms with Crippen molar-refractivity contribution in [3.8, 4) is 0 Å². The number of amides is 1. The van der Waals surface area contributed by atoms with Gasteiger partial charge in [-0.2, -0.15) is 0 Å². The van der Waals surface area contributed by atoms with Crippen molar-refractivity contribution in [1.29, 1.82) is 0 Å². The summed E-state index contributed by atoms with van der Waals surface area (Å²) in [7, 11) is 0. The number of unbranched alkanes of at least 4 members (excludes halogenated alkanes) is 1. The minimum Gasteiger partial charge on any atom is -0.340 e. The number of carbonyl (C=O) groups is 1. The van der Waals surface area contributed by atoms with Crippen LogP contribution in [-0.4, -0.2) is 23.4 Å². The third-order valence-corrected chi connectivity index (χ3v) is 3.04. The number of carbonyl (C=O) groups excluding carboxylic acids is 1. The second kappa shape index (κ2) is 6.05. The van der Waals surface area contributed by atoms with Crippen molar-refractivity contribution in [2.24, 2.45) is 0 Å². The zero-order chi connectivity index (χ0) is 10.4. The lowest BCUT2D eigenvalue weighted by molar-refractivity contribution is -0.136. The monoisotopic (exact) mass is 197 g/mol. The highest BCUT2D eigenvalue weighted by Crippen LogP contribution is 2.22. The second-order valence-electron chi connectivity index (χ2n) is 4.28. The highest BCUT2D eigenvalue weighted by molar-refractivity contribution is 5.77. The fourth-order valence-electron chi connectivity index (χ4n) is 2.28. The van der Waals surface area contributed by atoms with Crippen molar-refractivity contribution >= 4 is 5.91 Å². The molecule has 82 valence electrons. The Morgan fingerprint density at radius 1 is 1.36 bits per heavy atom. The molecule has 14 heavy (non-hydrogen) atoms. The van der Waals surface area contributed by atoms with Gasteiger partial charge in [-0.15, -0.1) is 0 Å². The third-order valence-electron chi connectivity index (χ3n) is 3.04. The first-order valence-corrected chi connectivity index (χ1v) is 6.09. The third kappa shape index (κ3) is 3.00. The van der Waals surface area contributed by atoms with Crippen LogP contribution in [0.1, 0.15) is 58.8 Å². The van der Waals surface area contributed by atoms with E-state index in [1.807, 2.05) is 0 Å². The Bertz CT molecular complexity index is 179. The molecule has 0 bridgehead atoms. The van der Waals surface area contributed by atoms with E-state index in [1.165, 1.54) is 25.7 Å². The molecule has 1 saturated heterocycles. The van der Waals surface area contributed by atoms with E-state index in [0.717, 1.165) is 25.8 Å². The number of nitrogens with zero attached hydrogens (tertiary/aromatic N) is 1. The lowest BCUT2D eigenvalue weighted by Crippen LogP contribution is -2.43. The Kier molecular flexibility index (Phi) is 4.99. The number of rotatable bonds is 5. The molecular formula is C12H23NO. The molecule has 0 aromatic rings. The molecule has 0 aromatic carbocycles. The summed E-state index contributed by atoms with van der Waals surface area (Å²) in [4.78, 5) is 13.8. The van der Waals surface area contributed by atoms with Crippen LogP contribution in [0, 0.1) is 0 Å². The summed E-state index contributed by atoms with van der Waals surface area (Å²) < 4.78 is 0. The SMILES string of the molecule is CCCCC1CCCC(=O)N1CCC. The van der Waals surface area contributed by atoms with Crippen molar-refractivity contribution in [1.82, 2.24) is 4.90 Å². The molecular weight excluding hydrogens is 174 g/mol. The molecule has 1 atom stereocenters. The van der Waals surface area contributed by atoms with E-state index in [2.05, 4.69) is 18.7 Å². The Balaban J connectivity index is 2.46. The van der Waals surface area contributed by atoms with Crippen LogP contribution in [0.4, 0.5) is 0 Å². The smallest absolute Gasteiger partial charge is 0.222 e. The van der Waals surface area contributed by atoms with Crippen molar-refractivity contribution < 1.29 is 4.79 Å². The van der Waals surface area contributed by atoms with E-state index >= 15 is 0 Å². The van der Waals surface area contributed by atoms with Gasteiger partial charge in [-0.25, -0.2) is 0 Å². The Morgan fingerprint density at radius 2 is 2.14 bits per heavy atom. The molecule has 1 aliphatic heterocycles. The van der Waals surface area contributed by atoms with Crippen LogP contribution in [0.15, 0.2) is 0 Å². The van der Waals surface area contributed by atoms with Gasteiger partial charge < -0.3 is 4.90 Å². The first-order valence-electron chi connectivity index (χ1n) is 6.09. The van der Waals surface area contributed by atoms with Gasteiger partial charge in [0.25, 0.3) is 0 Å². The van der Waals surface area contributed by atoms with Crippen LogP contribution in [0.2, 0.25) is 0 Å². The maximum Gasteiger partial charge on any atom is 0.222 e. The average molecular weight is 197 g/mol. The average Bonchev–Trinajstić information content (AvgIpc) is 2.19. The fourth-order valence-corrected chi connectivity index (χ4v) is 2.28. The predicted molar refractivity (Wildman–Crippen MR) is 59.2 cm³/mol. The van der Waals surface area contributed by atoms with E-state index in [4.69, 9.17) is 0 Å². The van der Waals surface area contributed by atoms with Crippen molar-refractivity contribution in [2.75, 3.05) is 6.54 Å². The molecule has 0 saturated carbocycles. The lowest BCUT2D eigenvalue weighted by atomic mass is 9.96. The van der Waals surface area contributed by atoms with Gasteiger partial charge in [0.1, 0.15) is 0 Å². The Morgan fingerprint density at radius 3 is 2.79 bits per heavy atom. The van der Waals surface area contributed by atoms with Crippen LogP contribution in [0.5, 0.6) is 0 Å². The molecule has 1 fully saturated rings. The highest BCUT2D eigenvalue weighted by atomic mass is 16.2. The summed E-state index contributed by atoms with van der Waals surface area (Å²) in [5.41, 5.74) is 0. The Labute approximate surface area is 87.7 Å². The van der Waals surface area contributed by atoms with E-state index < -0.39 is 0 Å². The van der Waals surface area contributed by atoms with Gasteiger partial charge in [-0.05, 0) is 25.7 Å². The van der Waals surface area contributed by atoms with Gasteiger partial charge >= 0.3 is 0 Å². The number of hydrogen-bond acceptors (Lipinski definition) is 1. The molecule has 1 rings (SSSR count). The minimum atomic E-state index is 0.388.